The molecule has 0 heterocycles. The maximum Gasteiger partial charge on any atom is 0.407 e. The zero-order valence-electron chi connectivity index (χ0n) is 14.0. The largest absolute Gasteiger partial charge is 0.448 e. The van der Waals surface area contributed by atoms with Crippen molar-refractivity contribution >= 4 is 23.7 Å². The van der Waals surface area contributed by atoms with Gasteiger partial charge in [-0.25, -0.2) is 4.79 Å². The number of rotatable bonds is 12. The molecule has 0 bridgehead atoms. The zero-order valence-corrected chi connectivity index (χ0v) is 14.7. The molecule has 0 fully saturated rings. The first-order valence-electron chi connectivity index (χ1n) is 7.40. The fourth-order valence-electron chi connectivity index (χ4n) is 1.31. The quantitative estimate of drug-likeness (QED) is 0.305. The van der Waals surface area contributed by atoms with Gasteiger partial charge in [0.05, 0.1) is 33.0 Å². The summed E-state index contributed by atoms with van der Waals surface area (Å²) in [7, 11) is 0. The summed E-state index contributed by atoms with van der Waals surface area (Å²) in [5.41, 5.74) is -0.506. The van der Waals surface area contributed by atoms with Crippen LogP contribution in [-0.2, 0) is 23.7 Å². The highest BCUT2D eigenvalue weighted by atomic mass is 35.5. The molecule has 0 unspecified atom stereocenters. The zero-order chi connectivity index (χ0) is 17.6. The highest BCUT2D eigenvalue weighted by Crippen LogP contribution is 2.05. The highest BCUT2D eigenvalue weighted by molar-refractivity contribution is 6.17. The highest BCUT2D eigenvalue weighted by Gasteiger charge is 2.15. The first-order chi connectivity index (χ1) is 10.8. The van der Waals surface area contributed by atoms with Gasteiger partial charge in [-0.15, -0.1) is 0 Å². The predicted octanol–water partition coefficient (Wildman–Crippen LogP) is 0.873. The van der Waals surface area contributed by atoms with Crippen molar-refractivity contribution in [3.05, 3.63) is 0 Å². The second-order valence-corrected chi connectivity index (χ2v) is 5.67. The SMILES string of the molecule is CC(C)(C)OC(=O)NCCOCCOCCNCC(=O)OCCl. The maximum absolute atomic E-state index is 11.3. The van der Waals surface area contributed by atoms with Crippen LogP contribution >= 0.6 is 11.6 Å². The van der Waals surface area contributed by atoms with Gasteiger partial charge in [0.25, 0.3) is 0 Å². The minimum Gasteiger partial charge on any atom is -0.448 e. The lowest BCUT2D eigenvalue weighted by Crippen LogP contribution is -2.34. The molecule has 0 aliphatic carbocycles. The van der Waals surface area contributed by atoms with Gasteiger partial charge in [-0.05, 0) is 20.8 Å². The lowest BCUT2D eigenvalue weighted by Gasteiger charge is -2.19. The number of alkyl carbamates (subject to hydrolysis) is 1. The van der Waals surface area contributed by atoms with E-state index in [0.717, 1.165) is 0 Å². The lowest BCUT2D eigenvalue weighted by atomic mass is 10.2. The standard InChI is InChI=1S/C14H27ClN2O6/c1-14(2,3)23-13(19)17-5-7-21-9-8-20-6-4-16-10-12(18)22-11-15/h16H,4-11H2,1-3H3,(H,17,19). The second kappa shape index (κ2) is 13.4. The maximum atomic E-state index is 11.3. The van der Waals surface area contributed by atoms with Gasteiger partial charge in [0, 0.05) is 13.1 Å². The molecule has 0 aliphatic rings. The van der Waals surface area contributed by atoms with E-state index in [2.05, 4.69) is 15.4 Å². The predicted molar refractivity (Wildman–Crippen MR) is 85.6 cm³/mol. The van der Waals surface area contributed by atoms with Gasteiger partial charge in [-0.1, -0.05) is 11.6 Å². The number of alkyl halides is 1. The second-order valence-electron chi connectivity index (χ2n) is 5.46. The molecule has 0 atom stereocenters. The van der Waals surface area contributed by atoms with Gasteiger partial charge in [0.2, 0.25) is 0 Å². The van der Waals surface area contributed by atoms with Crippen molar-refractivity contribution in [2.45, 2.75) is 26.4 Å². The molecule has 0 aromatic carbocycles. The monoisotopic (exact) mass is 354 g/mol. The van der Waals surface area contributed by atoms with Gasteiger partial charge in [-0.3, -0.25) is 4.79 Å². The first-order valence-corrected chi connectivity index (χ1v) is 7.93. The van der Waals surface area contributed by atoms with Crippen molar-refractivity contribution in [3.63, 3.8) is 0 Å². The van der Waals surface area contributed by atoms with E-state index < -0.39 is 17.7 Å². The number of carbonyl (C=O) groups excluding carboxylic acids is 2. The summed E-state index contributed by atoms with van der Waals surface area (Å²) in [6.07, 6.45) is -0.462. The number of amides is 1. The lowest BCUT2D eigenvalue weighted by molar-refractivity contribution is -0.140. The molecule has 0 saturated heterocycles. The number of nitrogens with one attached hydrogen (secondary N) is 2. The molecule has 0 radical (unpaired) electrons. The van der Waals surface area contributed by atoms with Crippen LogP contribution in [0, 0.1) is 0 Å². The van der Waals surface area contributed by atoms with Crippen LogP contribution < -0.4 is 10.6 Å². The van der Waals surface area contributed by atoms with Crippen LogP contribution in [-0.4, -0.2) is 69.8 Å². The van der Waals surface area contributed by atoms with Crippen molar-refractivity contribution in [3.8, 4) is 0 Å². The van der Waals surface area contributed by atoms with E-state index in [1.807, 2.05) is 0 Å². The average Bonchev–Trinajstić information content (AvgIpc) is 2.43. The molecule has 0 aromatic rings. The smallest absolute Gasteiger partial charge is 0.407 e. The fraction of sp³-hybridized carbons (Fsp3) is 0.857. The molecule has 1 amide bonds. The third kappa shape index (κ3) is 17.1. The third-order valence-electron chi connectivity index (χ3n) is 2.19. The van der Waals surface area contributed by atoms with Gasteiger partial charge in [0.15, 0.2) is 6.07 Å². The minimum absolute atomic E-state index is 0.100. The van der Waals surface area contributed by atoms with Crippen molar-refractivity contribution < 1.29 is 28.5 Å². The van der Waals surface area contributed by atoms with E-state index in [1.165, 1.54) is 0 Å². The Bertz CT molecular complexity index is 336. The van der Waals surface area contributed by atoms with E-state index in [0.29, 0.717) is 39.5 Å². The summed E-state index contributed by atoms with van der Waals surface area (Å²) in [4.78, 5) is 22.3. The normalized spacial score (nSPS) is 11.1. The van der Waals surface area contributed by atoms with Crippen LogP contribution in [0.3, 0.4) is 0 Å². The Balaban J connectivity index is 3.25. The number of carbonyl (C=O) groups is 2. The van der Waals surface area contributed by atoms with Gasteiger partial charge in [-0.2, -0.15) is 0 Å². The van der Waals surface area contributed by atoms with Crippen LogP contribution in [0.4, 0.5) is 4.79 Å². The van der Waals surface area contributed by atoms with Crippen LogP contribution in [0.15, 0.2) is 0 Å². The molecule has 23 heavy (non-hydrogen) atoms. The molecular weight excluding hydrogens is 328 g/mol. The Morgan fingerprint density at radius 2 is 1.61 bits per heavy atom. The van der Waals surface area contributed by atoms with Crippen molar-refractivity contribution in [2.24, 2.45) is 0 Å². The number of hydrogen-bond acceptors (Lipinski definition) is 7. The molecule has 0 aromatic heterocycles. The number of ether oxygens (including phenoxy) is 4. The Morgan fingerprint density at radius 1 is 1.00 bits per heavy atom. The van der Waals surface area contributed by atoms with Gasteiger partial charge < -0.3 is 29.6 Å². The van der Waals surface area contributed by atoms with E-state index in [9.17, 15) is 9.59 Å². The summed E-state index contributed by atoms with van der Waals surface area (Å²) < 4.78 is 20.2. The Hall–Kier alpha value is -1.09. The average molecular weight is 355 g/mol. The number of hydrogen-bond donors (Lipinski definition) is 2. The molecular formula is C14H27ClN2O6. The summed E-state index contributed by atoms with van der Waals surface area (Å²) in [5.74, 6) is -0.402. The molecule has 0 spiro atoms. The fourth-order valence-corrected chi connectivity index (χ4v) is 1.43. The van der Waals surface area contributed by atoms with Crippen molar-refractivity contribution in [1.82, 2.24) is 10.6 Å². The molecule has 0 aliphatic heterocycles. The Kier molecular flexibility index (Phi) is 12.7. The molecule has 9 heteroatoms. The van der Waals surface area contributed by atoms with E-state index >= 15 is 0 Å². The van der Waals surface area contributed by atoms with E-state index in [-0.39, 0.29) is 12.6 Å². The van der Waals surface area contributed by atoms with Crippen LogP contribution in [0.5, 0.6) is 0 Å². The van der Waals surface area contributed by atoms with Crippen LogP contribution in [0.2, 0.25) is 0 Å². The van der Waals surface area contributed by atoms with E-state index in [4.69, 9.17) is 25.8 Å². The Morgan fingerprint density at radius 3 is 2.17 bits per heavy atom. The van der Waals surface area contributed by atoms with Gasteiger partial charge in [0.1, 0.15) is 5.60 Å². The molecule has 8 nitrogen and oxygen atoms in total. The third-order valence-corrected chi connectivity index (χ3v) is 2.30. The summed E-state index contributed by atoms with van der Waals surface area (Å²) in [6.45, 7) is 8.09. The van der Waals surface area contributed by atoms with Crippen molar-refractivity contribution in [2.75, 3.05) is 52.1 Å². The number of halogens is 1. The topological polar surface area (TPSA) is 95.1 Å². The summed E-state index contributed by atoms with van der Waals surface area (Å²) in [5, 5.41) is 5.44. The molecule has 136 valence electrons. The van der Waals surface area contributed by atoms with Gasteiger partial charge >= 0.3 is 12.1 Å². The van der Waals surface area contributed by atoms with E-state index in [1.54, 1.807) is 20.8 Å². The molecule has 2 N–H and O–H groups in total. The first kappa shape index (κ1) is 21.9. The summed E-state index contributed by atoms with van der Waals surface area (Å²) in [6, 6.07) is -0.142. The number of esters is 1. The molecule has 0 saturated carbocycles. The molecule has 0 rings (SSSR count). The minimum atomic E-state index is -0.506. The summed E-state index contributed by atoms with van der Waals surface area (Å²) >= 11 is 5.24. The van der Waals surface area contributed by atoms with Crippen molar-refractivity contribution in [1.29, 1.82) is 0 Å². The van der Waals surface area contributed by atoms with Crippen LogP contribution in [0.1, 0.15) is 20.8 Å². The Labute approximate surface area is 142 Å². The van der Waals surface area contributed by atoms with Crippen LogP contribution in [0.25, 0.3) is 0 Å².